The molecule has 0 bridgehead atoms. The van der Waals surface area contributed by atoms with E-state index in [1.54, 1.807) is 17.1 Å². The molecule has 0 amide bonds. The number of carbonyl (C=O) groups excluding carboxylic acids is 1. The van der Waals surface area contributed by atoms with E-state index in [1.165, 1.54) is 6.92 Å². The third-order valence-electron chi connectivity index (χ3n) is 3.79. The highest BCUT2D eigenvalue weighted by atomic mass is 16.1. The number of carbonyl (C=O) groups is 1. The van der Waals surface area contributed by atoms with E-state index in [1.807, 2.05) is 24.3 Å². The van der Waals surface area contributed by atoms with Crippen molar-refractivity contribution >= 4 is 34.5 Å². The average Bonchev–Trinajstić information content (AvgIpc) is 2.97. The summed E-state index contributed by atoms with van der Waals surface area (Å²) in [6, 6.07) is 9.58. The van der Waals surface area contributed by atoms with Crippen molar-refractivity contribution in [3.05, 3.63) is 42.1 Å². The van der Waals surface area contributed by atoms with Crippen molar-refractivity contribution < 1.29 is 4.79 Å². The number of aliphatic imine (C=N–C) groups is 1. The van der Waals surface area contributed by atoms with E-state index in [4.69, 9.17) is 0 Å². The Balaban J connectivity index is 1.66. The number of ketones is 1. The second-order valence-electron chi connectivity index (χ2n) is 5.46. The number of Topliss-reactive ketones (excluding diaryl/α,β-unsaturated/α-hetero) is 1. The molecule has 0 spiro atoms. The number of nitrogens with zero attached hydrogens (tertiary/aromatic N) is 5. The van der Waals surface area contributed by atoms with E-state index in [9.17, 15) is 4.79 Å². The maximum atomic E-state index is 11.5. The van der Waals surface area contributed by atoms with Crippen LogP contribution in [0.3, 0.4) is 0 Å². The van der Waals surface area contributed by atoms with Gasteiger partial charge in [-0.2, -0.15) is 0 Å². The number of hydrogen-bond donors (Lipinski definition) is 1. The molecule has 1 unspecified atom stereocenters. The molecule has 0 radical (unpaired) electrons. The minimum absolute atomic E-state index is 0.00364. The molecular formula is C16H14N6O. The van der Waals surface area contributed by atoms with Crippen LogP contribution in [0.4, 0.5) is 11.6 Å². The van der Waals surface area contributed by atoms with Crippen molar-refractivity contribution in [3.63, 3.8) is 0 Å². The molecule has 114 valence electrons. The normalized spacial score (nSPS) is 16.1. The summed E-state index contributed by atoms with van der Waals surface area (Å²) in [5.41, 5.74) is 2.03. The Morgan fingerprint density at radius 2 is 2.26 bits per heavy atom. The summed E-state index contributed by atoms with van der Waals surface area (Å²) in [7, 11) is 0. The second-order valence-corrected chi connectivity index (χ2v) is 5.46. The molecule has 1 aliphatic rings. The van der Waals surface area contributed by atoms with Gasteiger partial charge in [-0.25, -0.2) is 9.67 Å². The quantitative estimate of drug-likeness (QED) is 0.799. The van der Waals surface area contributed by atoms with Gasteiger partial charge in [0.15, 0.2) is 11.6 Å². The zero-order chi connectivity index (χ0) is 15.8. The first-order chi connectivity index (χ1) is 11.2. The molecular weight excluding hydrogens is 292 g/mol. The number of anilines is 1. The lowest BCUT2D eigenvalue weighted by Crippen LogP contribution is -2.32. The Hall–Kier alpha value is -3.09. The van der Waals surface area contributed by atoms with E-state index >= 15 is 0 Å². The average molecular weight is 306 g/mol. The van der Waals surface area contributed by atoms with Crippen LogP contribution >= 0.6 is 0 Å². The van der Waals surface area contributed by atoms with Crippen LogP contribution in [0.1, 0.15) is 12.5 Å². The van der Waals surface area contributed by atoms with Gasteiger partial charge in [0.1, 0.15) is 6.04 Å². The predicted molar refractivity (Wildman–Crippen MR) is 87.1 cm³/mol. The second kappa shape index (κ2) is 5.28. The Morgan fingerprint density at radius 3 is 3.13 bits per heavy atom. The molecule has 1 aliphatic heterocycles. The molecule has 3 heterocycles. The van der Waals surface area contributed by atoms with Gasteiger partial charge in [-0.1, -0.05) is 17.3 Å². The van der Waals surface area contributed by atoms with Crippen LogP contribution < -0.4 is 5.32 Å². The van der Waals surface area contributed by atoms with E-state index < -0.39 is 6.04 Å². The number of rotatable bonds is 3. The fourth-order valence-corrected chi connectivity index (χ4v) is 2.57. The molecule has 7 nitrogen and oxygen atoms in total. The SMILES string of the molecule is CC(=O)C1C=Nc2nnn(Cc3ccc4ncccc4c3)c2N1. The Morgan fingerprint density at radius 1 is 1.35 bits per heavy atom. The van der Waals surface area contributed by atoms with E-state index in [2.05, 4.69) is 31.7 Å². The van der Waals surface area contributed by atoms with Gasteiger partial charge in [0.05, 0.1) is 12.1 Å². The Labute approximate surface area is 132 Å². The minimum Gasteiger partial charge on any atom is -0.353 e. The lowest BCUT2D eigenvalue weighted by molar-refractivity contribution is -0.116. The maximum absolute atomic E-state index is 11.5. The smallest absolute Gasteiger partial charge is 0.218 e. The van der Waals surface area contributed by atoms with Crippen molar-refractivity contribution in [3.8, 4) is 0 Å². The van der Waals surface area contributed by atoms with Gasteiger partial charge in [0.25, 0.3) is 0 Å². The highest BCUT2D eigenvalue weighted by molar-refractivity contribution is 6.02. The lowest BCUT2D eigenvalue weighted by atomic mass is 10.1. The first-order valence-corrected chi connectivity index (χ1v) is 7.29. The molecule has 4 rings (SSSR count). The van der Waals surface area contributed by atoms with Gasteiger partial charge >= 0.3 is 0 Å². The molecule has 0 saturated heterocycles. The standard InChI is InChI=1S/C16H14N6O/c1-10(23)14-8-18-15-16(19-14)22(21-20-15)9-11-4-5-13-12(7-11)3-2-6-17-13/h2-8,14,19H,9H2,1H3. The van der Waals surface area contributed by atoms with Gasteiger partial charge in [0, 0.05) is 17.8 Å². The van der Waals surface area contributed by atoms with Gasteiger partial charge in [0.2, 0.25) is 5.82 Å². The largest absolute Gasteiger partial charge is 0.353 e. The van der Waals surface area contributed by atoms with Crippen LogP contribution in [0, 0.1) is 0 Å². The van der Waals surface area contributed by atoms with E-state index in [0.717, 1.165) is 16.5 Å². The molecule has 1 aromatic carbocycles. The fourth-order valence-electron chi connectivity index (χ4n) is 2.57. The zero-order valence-electron chi connectivity index (χ0n) is 12.5. The molecule has 3 aromatic rings. The van der Waals surface area contributed by atoms with Crippen LogP contribution in [0.2, 0.25) is 0 Å². The number of pyridine rings is 1. The van der Waals surface area contributed by atoms with Gasteiger partial charge in [-0.05, 0) is 30.7 Å². The summed E-state index contributed by atoms with van der Waals surface area (Å²) in [5, 5.41) is 12.4. The molecule has 23 heavy (non-hydrogen) atoms. The van der Waals surface area contributed by atoms with Gasteiger partial charge < -0.3 is 5.32 Å². The summed E-state index contributed by atoms with van der Waals surface area (Å²) < 4.78 is 1.72. The van der Waals surface area contributed by atoms with Crippen molar-refractivity contribution in [1.29, 1.82) is 0 Å². The summed E-state index contributed by atoms with van der Waals surface area (Å²) in [6.07, 6.45) is 3.34. The summed E-state index contributed by atoms with van der Waals surface area (Å²) in [5.74, 6) is 1.17. The van der Waals surface area contributed by atoms with Crippen LogP contribution in [-0.2, 0) is 11.3 Å². The number of fused-ring (bicyclic) bond motifs is 2. The number of benzene rings is 1. The number of hydrogen-bond acceptors (Lipinski definition) is 6. The zero-order valence-corrected chi connectivity index (χ0v) is 12.5. The molecule has 0 fully saturated rings. The van der Waals surface area contributed by atoms with Crippen molar-refractivity contribution in [1.82, 2.24) is 20.0 Å². The lowest BCUT2D eigenvalue weighted by Gasteiger charge is -2.17. The van der Waals surface area contributed by atoms with Gasteiger partial charge in [-0.15, -0.1) is 5.10 Å². The number of nitrogens with one attached hydrogen (secondary N) is 1. The highest BCUT2D eigenvalue weighted by Gasteiger charge is 2.22. The molecule has 1 N–H and O–H groups in total. The summed E-state index contributed by atoms with van der Waals surface area (Å²) in [6.45, 7) is 2.07. The maximum Gasteiger partial charge on any atom is 0.218 e. The molecule has 1 atom stereocenters. The molecule has 2 aromatic heterocycles. The van der Waals surface area contributed by atoms with Crippen molar-refractivity contribution in [2.24, 2.45) is 4.99 Å². The highest BCUT2D eigenvalue weighted by Crippen LogP contribution is 2.26. The third-order valence-corrected chi connectivity index (χ3v) is 3.79. The van der Waals surface area contributed by atoms with Crippen LogP contribution in [0.5, 0.6) is 0 Å². The summed E-state index contributed by atoms with van der Waals surface area (Å²) >= 11 is 0. The Kier molecular flexibility index (Phi) is 3.11. The first kappa shape index (κ1) is 13.6. The van der Waals surface area contributed by atoms with Gasteiger partial charge in [-0.3, -0.25) is 9.78 Å². The fraction of sp³-hybridized carbons (Fsp3) is 0.188. The third kappa shape index (κ3) is 2.46. The van der Waals surface area contributed by atoms with Crippen LogP contribution in [-0.4, -0.2) is 38.0 Å². The van der Waals surface area contributed by atoms with Crippen LogP contribution in [0.25, 0.3) is 10.9 Å². The van der Waals surface area contributed by atoms with E-state index in [-0.39, 0.29) is 5.78 Å². The molecule has 7 heteroatoms. The minimum atomic E-state index is -0.430. The first-order valence-electron chi connectivity index (χ1n) is 7.29. The van der Waals surface area contributed by atoms with Crippen molar-refractivity contribution in [2.45, 2.75) is 19.5 Å². The predicted octanol–water partition coefficient (Wildman–Crippen LogP) is 1.96. The Bertz CT molecular complexity index is 929. The monoisotopic (exact) mass is 306 g/mol. The summed E-state index contributed by atoms with van der Waals surface area (Å²) in [4.78, 5) is 20.0. The topological polar surface area (TPSA) is 85.1 Å². The molecule has 0 saturated carbocycles. The van der Waals surface area contributed by atoms with Crippen molar-refractivity contribution in [2.75, 3.05) is 5.32 Å². The molecule has 0 aliphatic carbocycles. The van der Waals surface area contributed by atoms with Crippen LogP contribution in [0.15, 0.2) is 41.5 Å². The number of aromatic nitrogens is 4. The van der Waals surface area contributed by atoms with E-state index in [0.29, 0.717) is 18.2 Å².